The second-order valence-electron chi connectivity index (χ2n) is 8.52. The fraction of sp³-hybridized carbons (Fsp3) is 0.773. The van der Waals surface area contributed by atoms with E-state index in [1.807, 2.05) is 12.1 Å². The quantitative estimate of drug-likeness (QED) is 0.575. The predicted molar refractivity (Wildman–Crippen MR) is 112 cm³/mol. The molecular formula is C22H36N4O2. The average Bonchev–Trinajstić information content (AvgIpc) is 3.49. The van der Waals surface area contributed by atoms with Gasteiger partial charge in [-0.15, -0.1) is 0 Å². The zero-order valence-corrected chi connectivity index (χ0v) is 17.2. The van der Waals surface area contributed by atoms with Gasteiger partial charge >= 0.3 is 0 Å². The van der Waals surface area contributed by atoms with Crippen LogP contribution in [-0.2, 0) is 11.2 Å². The molecule has 1 aromatic heterocycles. The van der Waals surface area contributed by atoms with E-state index >= 15 is 0 Å². The largest absolute Gasteiger partial charge is 0.469 e. The third-order valence-electron chi connectivity index (χ3n) is 6.25. The second-order valence-corrected chi connectivity index (χ2v) is 8.52. The van der Waals surface area contributed by atoms with Gasteiger partial charge in [0.1, 0.15) is 5.76 Å². The van der Waals surface area contributed by atoms with Crippen LogP contribution in [0.2, 0.25) is 0 Å². The molecule has 2 atom stereocenters. The van der Waals surface area contributed by atoms with Crippen LogP contribution in [-0.4, -0.2) is 74.3 Å². The van der Waals surface area contributed by atoms with Crippen LogP contribution in [0.1, 0.15) is 44.3 Å². The van der Waals surface area contributed by atoms with E-state index in [-0.39, 0.29) is 0 Å². The minimum absolute atomic E-state index is 0.290. The molecule has 0 spiro atoms. The highest BCUT2D eigenvalue weighted by molar-refractivity contribution is 5.80. The molecule has 28 heavy (non-hydrogen) atoms. The number of ether oxygens (including phenoxy) is 1. The van der Waals surface area contributed by atoms with Crippen molar-refractivity contribution < 1.29 is 9.15 Å². The lowest BCUT2D eigenvalue weighted by molar-refractivity contribution is 0.0223. The van der Waals surface area contributed by atoms with Crippen LogP contribution < -0.4 is 5.32 Å². The second kappa shape index (κ2) is 10.3. The number of hydrogen-bond acceptors (Lipinski definition) is 4. The highest BCUT2D eigenvalue weighted by atomic mass is 16.5. The van der Waals surface area contributed by atoms with Crippen LogP contribution in [0.15, 0.2) is 27.8 Å². The van der Waals surface area contributed by atoms with Gasteiger partial charge in [0.05, 0.1) is 18.9 Å². The minimum atomic E-state index is 0.290. The number of nitrogens with one attached hydrogen (secondary N) is 1. The molecule has 0 aliphatic carbocycles. The van der Waals surface area contributed by atoms with Gasteiger partial charge in [0.15, 0.2) is 5.96 Å². The summed E-state index contributed by atoms with van der Waals surface area (Å²) in [5, 5.41) is 3.60. The van der Waals surface area contributed by atoms with Crippen molar-refractivity contribution in [2.75, 3.05) is 52.4 Å². The van der Waals surface area contributed by atoms with E-state index in [0.29, 0.717) is 6.10 Å². The highest BCUT2D eigenvalue weighted by Crippen LogP contribution is 2.20. The first-order valence-electron chi connectivity index (χ1n) is 11.3. The van der Waals surface area contributed by atoms with Crippen LogP contribution >= 0.6 is 0 Å². The maximum absolute atomic E-state index is 5.89. The van der Waals surface area contributed by atoms with Gasteiger partial charge in [-0.1, -0.05) is 0 Å². The molecule has 3 aliphatic heterocycles. The maximum Gasteiger partial charge on any atom is 0.194 e. The summed E-state index contributed by atoms with van der Waals surface area (Å²) < 4.78 is 11.4. The zero-order valence-electron chi connectivity index (χ0n) is 17.2. The Bertz CT molecular complexity index is 592. The lowest BCUT2D eigenvalue weighted by Crippen LogP contribution is -2.42. The molecule has 4 heterocycles. The van der Waals surface area contributed by atoms with Crippen LogP contribution in [0.25, 0.3) is 0 Å². The van der Waals surface area contributed by atoms with Crippen molar-refractivity contribution in [3.63, 3.8) is 0 Å². The molecule has 0 amide bonds. The summed E-state index contributed by atoms with van der Waals surface area (Å²) in [6, 6.07) is 3.99. The van der Waals surface area contributed by atoms with Gasteiger partial charge in [0.25, 0.3) is 0 Å². The number of rotatable bonds is 7. The van der Waals surface area contributed by atoms with E-state index in [4.69, 9.17) is 14.1 Å². The number of likely N-dealkylation sites (tertiary alicyclic amines) is 2. The molecule has 0 saturated carbocycles. The van der Waals surface area contributed by atoms with Crippen LogP contribution in [0, 0.1) is 5.92 Å². The van der Waals surface area contributed by atoms with Crippen LogP contribution in [0.5, 0.6) is 0 Å². The SMILES string of the molecule is c1coc(CCNC(=NCC2CCCCO2)N2CCC(CN3CCCC3)C2)c1. The number of furan rings is 1. The van der Waals surface area contributed by atoms with Gasteiger partial charge in [-0.25, -0.2) is 0 Å². The Morgan fingerprint density at radius 3 is 2.86 bits per heavy atom. The fourth-order valence-corrected chi connectivity index (χ4v) is 4.66. The molecule has 4 rings (SSSR count). The Morgan fingerprint density at radius 2 is 2.07 bits per heavy atom. The van der Waals surface area contributed by atoms with E-state index in [1.54, 1.807) is 6.26 Å². The summed E-state index contributed by atoms with van der Waals surface area (Å²) in [6.45, 7) is 8.58. The third kappa shape index (κ3) is 5.74. The van der Waals surface area contributed by atoms with E-state index in [0.717, 1.165) is 63.3 Å². The topological polar surface area (TPSA) is 53.2 Å². The number of guanidine groups is 1. The first-order valence-corrected chi connectivity index (χ1v) is 11.3. The van der Waals surface area contributed by atoms with Gasteiger partial charge in [-0.3, -0.25) is 4.99 Å². The monoisotopic (exact) mass is 388 g/mol. The summed E-state index contributed by atoms with van der Waals surface area (Å²) >= 11 is 0. The molecule has 2 unspecified atom stereocenters. The molecule has 156 valence electrons. The van der Waals surface area contributed by atoms with E-state index in [2.05, 4.69) is 15.1 Å². The number of nitrogens with zero attached hydrogens (tertiary/aromatic N) is 3. The molecule has 3 fully saturated rings. The molecule has 1 aromatic rings. The Kier molecular flexibility index (Phi) is 7.28. The van der Waals surface area contributed by atoms with E-state index in [9.17, 15) is 0 Å². The predicted octanol–water partition coefficient (Wildman–Crippen LogP) is 2.75. The Hall–Kier alpha value is -1.53. The molecular weight excluding hydrogens is 352 g/mol. The number of hydrogen-bond donors (Lipinski definition) is 1. The van der Waals surface area contributed by atoms with Crippen molar-refractivity contribution >= 4 is 5.96 Å². The average molecular weight is 389 g/mol. The first-order chi connectivity index (χ1) is 13.9. The van der Waals surface area contributed by atoms with Crippen molar-refractivity contribution in [3.05, 3.63) is 24.2 Å². The molecule has 3 aliphatic rings. The lowest BCUT2D eigenvalue weighted by Gasteiger charge is -2.25. The van der Waals surface area contributed by atoms with Gasteiger partial charge in [-0.2, -0.15) is 0 Å². The van der Waals surface area contributed by atoms with E-state index in [1.165, 1.54) is 51.7 Å². The van der Waals surface area contributed by atoms with Crippen molar-refractivity contribution in [1.29, 1.82) is 0 Å². The number of aliphatic imine (C=N–C) groups is 1. The van der Waals surface area contributed by atoms with E-state index < -0.39 is 0 Å². The molecule has 3 saturated heterocycles. The highest BCUT2D eigenvalue weighted by Gasteiger charge is 2.27. The third-order valence-corrected chi connectivity index (χ3v) is 6.25. The van der Waals surface area contributed by atoms with Crippen LogP contribution in [0.3, 0.4) is 0 Å². The lowest BCUT2D eigenvalue weighted by atomic mass is 10.1. The molecule has 0 aromatic carbocycles. The molecule has 6 nitrogen and oxygen atoms in total. The Morgan fingerprint density at radius 1 is 1.14 bits per heavy atom. The first kappa shape index (κ1) is 19.8. The fourth-order valence-electron chi connectivity index (χ4n) is 4.66. The molecule has 0 bridgehead atoms. The molecule has 0 radical (unpaired) electrons. The van der Waals surface area contributed by atoms with Crippen molar-refractivity contribution in [2.24, 2.45) is 10.9 Å². The van der Waals surface area contributed by atoms with Gasteiger partial charge in [0.2, 0.25) is 0 Å². The minimum Gasteiger partial charge on any atom is -0.469 e. The summed E-state index contributed by atoms with van der Waals surface area (Å²) in [5.74, 6) is 2.85. The smallest absolute Gasteiger partial charge is 0.194 e. The van der Waals surface area contributed by atoms with Crippen molar-refractivity contribution in [3.8, 4) is 0 Å². The van der Waals surface area contributed by atoms with Crippen molar-refractivity contribution in [2.45, 2.75) is 51.0 Å². The van der Waals surface area contributed by atoms with Gasteiger partial charge in [0, 0.05) is 39.2 Å². The standard InChI is InChI=1S/C22H36N4O2/c1-4-14-28-21(6-1)16-24-22(23-10-8-20-7-5-15-27-20)26-13-9-19(18-26)17-25-11-2-3-12-25/h5,7,15,19,21H,1-4,6,8-14,16-18H2,(H,23,24). The summed E-state index contributed by atoms with van der Waals surface area (Å²) in [6.07, 6.45) is 10.5. The Labute approximate surface area is 169 Å². The molecule has 1 N–H and O–H groups in total. The Balaban J connectivity index is 1.31. The molecule has 6 heteroatoms. The summed E-state index contributed by atoms with van der Waals surface area (Å²) in [7, 11) is 0. The van der Waals surface area contributed by atoms with Gasteiger partial charge < -0.3 is 24.3 Å². The summed E-state index contributed by atoms with van der Waals surface area (Å²) in [5.41, 5.74) is 0. The van der Waals surface area contributed by atoms with Gasteiger partial charge in [-0.05, 0) is 69.7 Å². The summed E-state index contributed by atoms with van der Waals surface area (Å²) in [4.78, 5) is 10.1. The zero-order chi connectivity index (χ0) is 19.0. The van der Waals surface area contributed by atoms with Crippen molar-refractivity contribution in [1.82, 2.24) is 15.1 Å². The maximum atomic E-state index is 5.89. The van der Waals surface area contributed by atoms with Crippen LogP contribution in [0.4, 0.5) is 0 Å². The normalized spacial score (nSPS) is 26.9.